The van der Waals surface area contributed by atoms with Gasteiger partial charge in [-0.05, 0) is 6.42 Å². The number of amides is 1. The third-order valence-corrected chi connectivity index (χ3v) is 7.05. The molecule has 1 aromatic heterocycles. The second kappa shape index (κ2) is 9.77. The fourth-order valence-corrected chi connectivity index (χ4v) is 4.89. The Kier molecular flexibility index (Phi) is 7.38. The number of carbonyl (C=O) groups excluding carboxylic acids is 1. The van der Waals surface area contributed by atoms with Gasteiger partial charge in [0.25, 0.3) is 0 Å². The molecule has 0 N–H and O–H groups in total. The molecule has 2 aliphatic rings. The number of ether oxygens (including phenoxy) is 1. The van der Waals surface area contributed by atoms with Crippen LogP contribution in [-0.2, 0) is 32.5 Å². The molecule has 0 saturated carbocycles. The molecule has 0 unspecified atom stereocenters. The molecule has 158 valence electrons. The van der Waals surface area contributed by atoms with Crippen molar-refractivity contribution in [3.05, 3.63) is 11.7 Å². The van der Waals surface area contributed by atoms with Crippen LogP contribution in [0, 0.1) is 0 Å². The van der Waals surface area contributed by atoms with Crippen molar-refractivity contribution >= 4 is 15.9 Å². The molecule has 28 heavy (non-hydrogen) atoms. The number of carbonyl (C=O) groups is 1. The lowest BCUT2D eigenvalue weighted by atomic mass is 10.2. The average molecular weight is 416 g/mol. The molecule has 0 spiro atoms. The molecule has 2 fully saturated rings. The van der Waals surface area contributed by atoms with Gasteiger partial charge in [0.05, 0.1) is 25.5 Å². The molecule has 3 heterocycles. The van der Waals surface area contributed by atoms with Gasteiger partial charge in [0.2, 0.25) is 21.8 Å². The highest BCUT2D eigenvalue weighted by Gasteiger charge is 2.27. The van der Waals surface area contributed by atoms with E-state index in [-0.39, 0.29) is 11.7 Å². The zero-order valence-corrected chi connectivity index (χ0v) is 17.2. The summed E-state index contributed by atoms with van der Waals surface area (Å²) in [6.45, 7) is 7.08. The van der Waals surface area contributed by atoms with Crippen LogP contribution in [0.1, 0.15) is 31.5 Å². The summed E-state index contributed by atoms with van der Waals surface area (Å²) >= 11 is 0. The number of rotatable bonds is 8. The van der Waals surface area contributed by atoms with E-state index in [1.54, 1.807) is 9.21 Å². The van der Waals surface area contributed by atoms with Crippen LogP contribution >= 0.6 is 0 Å². The van der Waals surface area contributed by atoms with Gasteiger partial charge in [0, 0.05) is 52.1 Å². The van der Waals surface area contributed by atoms with E-state index in [0.717, 1.165) is 0 Å². The third kappa shape index (κ3) is 5.72. The number of sulfonamides is 1. The van der Waals surface area contributed by atoms with E-state index in [1.807, 2.05) is 6.92 Å². The molecule has 1 aromatic rings. The maximum absolute atomic E-state index is 12.2. The summed E-state index contributed by atoms with van der Waals surface area (Å²) in [5, 5.41) is 3.99. The monoisotopic (exact) mass is 415 g/mol. The maximum Gasteiger partial charge on any atom is 0.227 e. The van der Waals surface area contributed by atoms with Gasteiger partial charge in [-0.15, -0.1) is 0 Å². The summed E-state index contributed by atoms with van der Waals surface area (Å²) in [4.78, 5) is 20.5. The molecule has 0 aliphatic carbocycles. The maximum atomic E-state index is 12.2. The van der Waals surface area contributed by atoms with Gasteiger partial charge in [0.1, 0.15) is 0 Å². The summed E-state index contributed by atoms with van der Waals surface area (Å²) < 4.78 is 36.3. The average Bonchev–Trinajstić information content (AvgIpc) is 3.14. The van der Waals surface area contributed by atoms with Crippen molar-refractivity contribution in [3.8, 4) is 0 Å². The molecule has 1 amide bonds. The normalized spacial score (nSPS) is 19.8. The van der Waals surface area contributed by atoms with E-state index in [2.05, 4.69) is 15.0 Å². The van der Waals surface area contributed by atoms with E-state index in [0.29, 0.717) is 90.0 Å². The summed E-state index contributed by atoms with van der Waals surface area (Å²) in [6, 6.07) is 0. The first kappa shape index (κ1) is 21.2. The van der Waals surface area contributed by atoms with E-state index < -0.39 is 10.0 Å². The zero-order chi connectivity index (χ0) is 20.0. The van der Waals surface area contributed by atoms with Gasteiger partial charge < -0.3 is 14.2 Å². The molecule has 0 atom stereocenters. The summed E-state index contributed by atoms with van der Waals surface area (Å²) in [6.07, 6.45) is 1.39. The molecular weight excluding hydrogens is 386 g/mol. The van der Waals surface area contributed by atoms with Crippen molar-refractivity contribution in [2.75, 3.05) is 58.2 Å². The topological polar surface area (TPSA) is 109 Å². The molecular formula is C17H29N5O5S. The van der Waals surface area contributed by atoms with Gasteiger partial charge in [-0.25, -0.2) is 8.42 Å². The van der Waals surface area contributed by atoms with Gasteiger partial charge >= 0.3 is 0 Å². The molecule has 10 nitrogen and oxygen atoms in total. The quantitative estimate of drug-likeness (QED) is 0.570. The standard InChI is InChI=1S/C17H29N5O5S/c1-2-13-28(24,25)22-7-5-20(6-8-22)14-15-18-16(27-19-15)3-4-17(23)21-9-11-26-12-10-21/h2-14H2,1H3. The SMILES string of the molecule is CCCS(=O)(=O)N1CCN(Cc2noc(CCC(=O)N3CCOCC3)n2)CC1. The number of aromatic nitrogens is 2. The van der Waals surface area contributed by atoms with Gasteiger partial charge in [-0.3, -0.25) is 9.69 Å². The van der Waals surface area contributed by atoms with Crippen LogP contribution in [0.5, 0.6) is 0 Å². The van der Waals surface area contributed by atoms with E-state index >= 15 is 0 Å². The lowest BCUT2D eigenvalue weighted by molar-refractivity contribution is -0.135. The van der Waals surface area contributed by atoms with Crippen molar-refractivity contribution in [1.82, 2.24) is 24.2 Å². The van der Waals surface area contributed by atoms with Crippen molar-refractivity contribution < 1.29 is 22.5 Å². The molecule has 0 aromatic carbocycles. The van der Waals surface area contributed by atoms with Crippen LogP contribution < -0.4 is 0 Å². The lowest BCUT2D eigenvalue weighted by Crippen LogP contribution is -2.48. The Morgan fingerprint density at radius 2 is 1.82 bits per heavy atom. The zero-order valence-electron chi connectivity index (χ0n) is 16.4. The predicted molar refractivity (Wildman–Crippen MR) is 101 cm³/mol. The first-order chi connectivity index (χ1) is 13.5. The molecule has 2 saturated heterocycles. The van der Waals surface area contributed by atoms with Crippen LogP contribution in [0.2, 0.25) is 0 Å². The van der Waals surface area contributed by atoms with E-state index in [9.17, 15) is 13.2 Å². The Morgan fingerprint density at radius 1 is 1.11 bits per heavy atom. The number of hydrogen-bond donors (Lipinski definition) is 0. The number of nitrogens with zero attached hydrogens (tertiary/aromatic N) is 5. The van der Waals surface area contributed by atoms with Crippen molar-refractivity contribution in [1.29, 1.82) is 0 Å². The van der Waals surface area contributed by atoms with Crippen LogP contribution in [0.15, 0.2) is 4.52 Å². The van der Waals surface area contributed by atoms with Gasteiger partial charge in [0.15, 0.2) is 5.82 Å². The Labute approximate surface area is 165 Å². The lowest BCUT2D eigenvalue weighted by Gasteiger charge is -2.33. The van der Waals surface area contributed by atoms with Crippen LogP contribution in [-0.4, -0.2) is 96.8 Å². The molecule has 0 bridgehead atoms. The minimum atomic E-state index is -3.14. The highest BCUT2D eigenvalue weighted by Crippen LogP contribution is 2.12. The number of hydrogen-bond acceptors (Lipinski definition) is 8. The highest BCUT2D eigenvalue weighted by atomic mass is 32.2. The molecule has 0 radical (unpaired) electrons. The predicted octanol–water partition coefficient (Wildman–Crippen LogP) is -0.282. The van der Waals surface area contributed by atoms with E-state index in [4.69, 9.17) is 9.26 Å². The Hall–Kier alpha value is -1.56. The summed E-state index contributed by atoms with van der Waals surface area (Å²) in [5.41, 5.74) is 0. The Balaban J connectivity index is 1.42. The second-order valence-electron chi connectivity index (χ2n) is 7.09. The van der Waals surface area contributed by atoms with Crippen molar-refractivity contribution in [3.63, 3.8) is 0 Å². The first-order valence-electron chi connectivity index (χ1n) is 9.85. The van der Waals surface area contributed by atoms with Gasteiger partial charge in [-0.2, -0.15) is 9.29 Å². The van der Waals surface area contributed by atoms with Crippen LogP contribution in [0.4, 0.5) is 0 Å². The number of morpholine rings is 1. The van der Waals surface area contributed by atoms with Crippen molar-refractivity contribution in [2.24, 2.45) is 0 Å². The minimum Gasteiger partial charge on any atom is -0.378 e. The van der Waals surface area contributed by atoms with Crippen molar-refractivity contribution in [2.45, 2.75) is 32.7 Å². The largest absolute Gasteiger partial charge is 0.378 e. The fourth-order valence-electron chi connectivity index (χ4n) is 3.39. The summed E-state index contributed by atoms with van der Waals surface area (Å²) in [7, 11) is -3.14. The Morgan fingerprint density at radius 3 is 2.50 bits per heavy atom. The minimum absolute atomic E-state index is 0.0764. The first-order valence-corrected chi connectivity index (χ1v) is 11.5. The molecule has 3 rings (SSSR count). The fraction of sp³-hybridized carbons (Fsp3) is 0.824. The molecule has 11 heteroatoms. The number of piperazine rings is 1. The third-order valence-electron chi connectivity index (χ3n) is 4.98. The van der Waals surface area contributed by atoms with Crippen LogP contribution in [0.25, 0.3) is 0 Å². The van der Waals surface area contributed by atoms with Gasteiger partial charge in [-0.1, -0.05) is 12.1 Å². The second-order valence-corrected chi connectivity index (χ2v) is 9.18. The van der Waals surface area contributed by atoms with Crippen LogP contribution in [0.3, 0.4) is 0 Å². The number of aryl methyl sites for hydroxylation is 1. The smallest absolute Gasteiger partial charge is 0.227 e. The summed E-state index contributed by atoms with van der Waals surface area (Å²) in [5.74, 6) is 1.30. The van der Waals surface area contributed by atoms with E-state index in [1.165, 1.54) is 0 Å². The highest BCUT2D eigenvalue weighted by molar-refractivity contribution is 7.89. The Bertz CT molecular complexity index is 739. The molecule has 2 aliphatic heterocycles.